The van der Waals surface area contributed by atoms with Crippen molar-refractivity contribution in [3.05, 3.63) is 11.7 Å². The Morgan fingerprint density at radius 1 is 1.20 bits per heavy atom. The van der Waals surface area contributed by atoms with Gasteiger partial charge in [-0.1, -0.05) is 37.8 Å². The van der Waals surface area contributed by atoms with Gasteiger partial charge in [0.15, 0.2) is 5.82 Å². The standard InChI is InChI=1S/C15H28N4O/c1-2-3-4-5-6-9-14-17-15(18-20-14)13(16)12-19-10-7-8-11-19/h13H,2-12,16H2,1H3. The lowest BCUT2D eigenvalue weighted by Gasteiger charge is -2.17. The summed E-state index contributed by atoms with van der Waals surface area (Å²) in [7, 11) is 0. The second-order valence-corrected chi connectivity index (χ2v) is 5.82. The zero-order chi connectivity index (χ0) is 14.2. The molecule has 0 bridgehead atoms. The maximum Gasteiger partial charge on any atom is 0.226 e. The predicted octanol–water partition coefficient (Wildman–Crippen LogP) is 2.68. The Kier molecular flexibility index (Phi) is 6.47. The summed E-state index contributed by atoms with van der Waals surface area (Å²) >= 11 is 0. The first-order valence-corrected chi connectivity index (χ1v) is 8.10. The molecular weight excluding hydrogens is 252 g/mol. The predicted molar refractivity (Wildman–Crippen MR) is 79.4 cm³/mol. The van der Waals surface area contributed by atoms with Gasteiger partial charge < -0.3 is 15.2 Å². The van der Waals surface area contributed by atoms with Gasteiger partial charge in [0.25, 0.3) is 0 Å². The molecule has 1 aliphatic rings. The number of hydrogen-bond donors (Lipinski definition) is 1. The number of aryl methyl sites for hydroxylation is 1. The van der Waals surface area contributed by atoms with Crippen LogP contribution in [0.2, 0.25) is 0 Å². The molecule has 1 atom stereocenters. The maximum absolute atomic E-state index is 6.16. The van der Waals surface area contributed by atoms with E-state index in [4.69, 9.17) is 10.3 Å². The normalized spacial score (nSPS) is 17.7. The van der Waals surface area contributed by atoms with Crippen LogP contribution in [0.3, 0.4) is 0 Å². The molecule has 1 unspecified atom stereocenters. The van der Waals surface area contributed by atoms with Crippen molar-refractivity contribution in [1.82, 2.24) is 15.0 Å². The highest BCUT2D eigenvalue weighted by Gasteiger charge is 2.19. The number of aromatic nitrogens is 2. The van der Waals surface area contributed by atoms with Crippen LogP contribution in [-0.4, -0.2) is 34.7 Å². The lowest BCUT2D eigenvalue weighted by Crippen LogP contribution is -2.30. The molecular formula is C15H28N4O. The van der Waals surface area contributed by atoms with Crippen LogP contribution >= 0.6 is 0 Å². The zero-order valence-electron chi connectivity index (χ0n) is 12.7. The van der Waals surface area contributed by atoms with Gasteiger partial charge >= 0.3 is 0 Å². The summed E-state index contributed by atoms with van der Waals surface area (Å²) in [5.74, 6) is 1.41. The van der Waals surface area contributed by atoms with Crippen LogP contribution < -0.4 is 5.73 Å². The van der Waals surface area contributed by atoms with Crippen LogP contribution in [0.5, 0.6) is 0 Å². The van der Waals surface area contributed by atoms with Crippen LogP contribution in [0.25, 0.3) is 0 Å². The molecule has 0 amide bonds. The molecule has 2 rings (SSSR count). The monoisotopic (exact) mass is 280 g/mol. The minimum absolute atomic E-state index is 0.120. The fourth-order valence-electron chi connectivity index (χ4n) is 2.72. The Morgan fingerprint density at radius 3 is 2.70 bits per heavy atom. The Morgan fingerprint density at radius 2 is 1.95 bits per heavy atom. The van der Waals surface area contributed by atoms with E-state index in [2.05, 4.69) is 22.0 Å². The van der Waals surface area contributed by atoms with Crippen molar-refractivity contribution >= 4 is 0 Å². The average Bonchev–Trinajstić information content (AvgIpc) is 3.09. The Balaban J connectivity index is 1.70. The van der Waals surface area contributed by atoms with E-state index in [0.717, 1.165) is 38.4 Å². The van der Waals surface area contributed by atoms with E-state index in [9.17, 15) is 0 Å². The van der Waals surface area contributed by atoms with Gasteiger partial charge in [0.05, 0.1) is 6.04 Å². The van der Waals surface area contributed by atoms with E-state index >= 15 is 0 Å². The van der Waals surface area contributed by atoms with E-state index < -0.39 is 0 Å². The lowest BCUT2D eigenvalue weighted by atomic mass is 10.1. The summed E-state index contributed by atoms with van der Waals surface area (Å²) in [5, 5.41) is 4.04. The third kappa shape index (κ3) is 4.87. The maximum atomic E-state index is 6.16. The summed E-state index contributed by atoms with van der Waals surface area (Å²) in [4.78, 5) is 6.82. The van der Waals surface area contributed by atoms with Crippen molar-refractivity contribution < 1.29 is 4.52 Å². The molecule has 1 aliphatic heterocycles. The number of rotatable bonds is 9. The largest absolute Gasteiger partial charge is 0.339 e. The molecule has 1 saturated heterocycles. The van der Waals surface area contributed by atoms with Crippen molar-refractivity contribution in [2.75, 3.05) is 19.6 Å². The first-order valence-electron chi connectivity index (χ1n) is 8.10. The number of nitrogens with zero attached hydrogens (tertiary/aromatic N) is 3. The molecule has 5 heteroatoms. The van der Waals surface area contributed by atoms with Crippen molar-refractivity contribution in [2.24, 2.45) is 5.73 Å². The summed E-state index contributed by atoms with van der Waals surface area (Å²) in [6.45, 7) is 5.37. The summed E-state index contributed by atoms with van der Waals surface area (Å²) in [6.07, 6.45) is 9.70. The van der Waals surface area contributed by atoms with Gasteiger partial charge in [0.1, 0.15) is 0 Å². The van der Waals surface area contributed by atoms with Crippen LogP contribution in [-0.2, 0) is 6.42 Å². The van der Waals surface area contributed by atoms with Gasteiger partial charge in [0, 0.05) is 13.0 Å². The molecule has 0 radical (unpaired) electrons. The molecule has 0 aliphatic carbocycles. The molecule has 1 aromatic heterocycles. The number of nitrogens with two attached hydrogens (primary N) is 1. The SMILES string of the molecule is CCCCCCCc1nc(C(N)CN2CCCC2)no1. The molecule has 0 spiro atoms. The van der Waals surface area contributed by atoms with Crippen LogP contribution in [0.4, 0.5) is 0 Å². The number of hydrogen-bond acceptors (Lipinski definition) is 5. The van der Waals surface area contributed by atoms with Crippen molar-refractivity contribution in [1.29, 1.82) is 0 Å². The lowest BCUT2D eigenvalue weighted by molar-refractivity contribution is 0.305. The van der Waals surface area contributed by atoms with E-state index in [-0.39, 0.29) is 6.04 Å². The molecule has 2 N–H and O–H groups in total. The third-order valence-electron chi connectivity index (χ3n) is 3.96. The Hall–Kier alpha value is -0.940. The van der Waals surface area contributed by atoms with E-state index in [1.165, 1.54) is 38.5 Å². The van der Waals surface area contributed by atoms with E-state index in [1.807, 2.05) is 0 Å². The highest BCUT2D eigenvalue weighted by Crippen LogP contribution is 2.14. The molecule has 20 heavy (non-hydrogen) atoms. The van der Waals surface area contributed by atoms with Crippen LogP contribution in [0.1, 0.15) is 69.6 Å². The molecule has 1 aromatic rings. The van der Waals surface area contributed by atoms with Gasteiger partial charge in [-0.05, 0) is 32.4 Å². The molecule has 2 heterocycles. The van der Waals surface area contributed by atoms with Gasteiger partial charge in [-0.15, -0.1) is 0 Å². The third-order valence-corrected chi connectivity index (χ3v) is 3.96. The second kappa shape index (κ2) is 8.37. The quantitative estimate of drug-likeness (QED) is 0.704. The van der Waals surface area contributed by atoms with Gasteiger partial charge in [-0.25, -0.2) is 0 Å². The first-order chi connectivity index (χ1) is 9.79. The molecule has 1 fully saturated rings. The summed E-state index contributed by atoms with van der Waals surface area (Å²) in [6, 6.07) is -0.120. The van der Waals surface area contributed by atoms with Gasteiger partial charge in [-0.3, -0.25) is 0 Å². The molecule has 0 saturated carbocycles. The molecule has 114 valence electrons. The van der Waals surface area contributed by atoms with Crippen LogP contribution in [0.15, 0.2) is 4.52 Å². The minimum atomic E-state index is -0.120. The Bertz CT molecular complexity index is 374. The first kappa shape index (κ1) is 15.4. The highest BCUT2D eigenvalue weighted by atomic mass is 16.5. The second-order valence-electron chi connectivity index (χ2n) is 5.82. The number of likely N-dealkylation sites (tertiary alicyclic amines) is 1. The topological polar surface area (TPSA) is 68.2 Å². The smallest absolute Gasteiger partial charge is 0.226 e. The minimum Gasteiger partial charge on any atom is -0.339 e. The highest BCUT2D eigenvalue weighted by molar-refractivity contribution is 4.94. The zero-order valence-corrected chi connectivity index (χ0v) is 12.7. The Labute approximate surface area is 121 Å². The molecule has 0 aromatic carbocycles. The fraction of sp³-hybridized carbons (Fsp3) is 0.867. The van der Waals surface area contributed by atoms with Gasteiger partial charge in [-0.2, -0.15) is 4.98 Å². The van der Waals surface area contributed by atoms with Crippen molar-refractivity contribution in [3.8, 4) is 0 Å². The van der Waals surface area contributed by atoms with E-state index in [1.54, 1.807) is 0 Å². The summed E-state index contributed by atoms with van der Waals surface area (Å²) < 4.78 is 5.30. The average molecular weight is 280 g/mol. The fourth-order valence-corrected chi connectivity index (χ4v) is 2.72. The van der Waals surface area contributed by atoms with Crippen molar-refractivity contribution in [2.45, 2.75) is 64.3 Å². The molecule has 5 nitrogen and oxygen atoms in total. The van der Waals surface area contributed by atoms with Gasteiger partial charge in [0.2, 0.25) is 5.89 Å². The number of unbranched alkanes of at least 4 members (excludes halogenated alkanes) is 4. The van der Waals surface area contributed by atoms with Crippen molar-refractivity contribution in [3.63, 3.8) is 0 Å². The van der Waals surface area contributed by atoms with Crippen LogP contribution in [0, 0.1) is 0 Å². The van der Waals surface area contributed by atoms with E-state index in [0.29, 0.717) is 5.82 Å². The summed E-state index contributed by atoms with van der Waals surface area (Å²) in [5.41, 5.74) is 6.16.